The number of urea groups is 1. The number of carbonyl (C=O) groups is 2. The average Bonchev–Trinajstić information content (AvgIpc) is 2.50. The lowest BCUT2D eigenvalue weighted by atomic mass is 9.96. The molecule has 0 bridgehead atoms. The van der Waals surface area contributed by atoms with E-state index in [0.29, 0.717) is 5.02 Å². The molecule has 1 saturated carbocycles. The van der Waals surface area contributed by atoms with Gasteiger partial charge in [0.15, 0.2) is 0 Å². The number of imide groups is 1. The predicted octanol–water partition coefficient (Wildman–Crippen LogP) is 3.98. The molecule has 0 heterocycles. The molecule has 2 rings (SSSR count). The van der Waals surface area contributed by atoms with Gasteiger partial charge in [0.05, 0.1) is 10.3 Å². The van der Waals surface area contributed by atoms with Crippen LogP contribution in [0, 0.1) is 0 Å². The van der Waals surface area contributed by atoms with Crippen LogP contribution in [0.3, 0.4) is 0 Å². The lowest BCUT2D eigenvalue weighted by Gasteiger charge is -2.23. The van der Waals surface area contributed by atoms with Gasteiger partial charge in [-0.1, -0.05) is 43.0 Å². The van der Waals surface area contributed by atoms with Crippen molar-refractivity contribution in [2.75, 3.05) is 0 Å². The molecule has 1 aromatic carbocycles. The average molecular weight is 341 g/mol. The van der Waals surface area contributed by atoms with Crippen LogP contribution in [0.5, 0.6) is 0 Å². The first kappa shape index (κ1) is 17.2. The molecule has 0 aliphatic heterocycles. The summed E-state index contributed by atoms with van der Waals surface area (Å²) in [6, 6.07) is 7.14. The Morgan fingerprint density at radius 2 is 1.91 bits per heavy atom. The number of hydrogen-bond acceptors (Lipinski definition) is 3. The summed E-state index contributed by atoms with van der Waals surface area (Å²) < 4.78 is 0. The molecule has 120 valence electrons. The molecule has 1 atom stereocenters. The van der Waals surface area contributed by atoms with Crippen LogP contribution < -0.4 is 10.6 Å². The van der Waals surface area contributed by atoms with E-state index in [1.807, 2.05) is 18.2 Å². The molecular weight excluding hydrogens is 320 g/mol. The highest BCUT2D eigenvalue weighted by molar-refractivity contribution is 8.00. The molecule has 1 aliphatic carbocycles. The molecule has 1 unspecified atom stereocenters. The summed E-state index contributed by atoms with van der Waals surface area (Å²) in [5.41, 5.74) is 0. The molecule has 3 amide bonds. The number of hydrogen-bond donors (Lipinski definition) is 2. The normalized spacial score (nSPS) is 16.8. The number of rotatable bonds is 4. The molecule has 4 nitrogen and oxygen atoms in total. The Bertz CT molecular complexity index is 533. The molecule has 22 heavy (non-hydrogen) atoms. The lowest BCUT2D eigenvalue weighted by Crippen LogP contribution is -2.47. The first-order valence-corrected chi connectivity index (χ1v) is 8.84. The van der Waals surface area contributed by atoms with Gasteiger partial charge in [0, 0.05) is 10.9 Å². The standard InChI is InChI=1S/C16H21ClN2O2S/c1-11(22-14-10-6-5-9-13(14)17)15(20)19-16(21)18-12-7-3-2-4-8-12/h5-6,9-12H,2-4,7-8H2,1H3,(H2,18,19,20,21). The largest absolute Gasteiger partial charge is 0.335 e. The second-order valence-corrected chi connectivity index (χ2v) is 7.28. The molecular formula is C16H21ClN2O2S. The van der Waals surface area contributed by atoms with Crippen molar-refractivity contribution in [3.05, 3.63) is 29.3 Å². The van der Waals surface area contributed by atoms with Gasteiger partial charge in [0.25, 0.3) is 0 Å². The Labute approximate surface area is 140 Å². The fourth-order valence-corrected chi connectivity index (χ4v) is 3.62. The number of amides is 3. The third-order valence-electron chi connectivity index (χ3n) is 3.69. The van der Waals surface area contributed by atoms with Crippen molar-refractivity contribution >= 4 is 35.3 Å². The summed E-state index contributed by atoms with van der Waals surface area (Å²) in [5.74, 6) is -0.307. The van der Waals surface area contributed by atoms with Crippen molar-refractivity contribution in [2.45, 2.75) is 55.2 Å². The summed E-state index contributed by atoms with van der Waals surface area (Å²) in [7, 11) is 0. The Balaban J connectivity index is 1.80. The first-order chi connectivity index (χ1) is 10.6. The summed E-state index contributed by atoms with van der Waals surface area (Å²) in [4.78, 5) is 24.8. The minimum Gasteiger partial charge on any atom is -0.335 e. The van der Waals surface area contributed by atoms with Crippen LogP contribution in [-0.2, 0) is 4.79 Å². The van der Waals surface area contributed by atoms with Crippen LogP contribution in [0.4, 0.5) is 4.79 Å². The van der Waals surface area contributed by atoms with E-state index in [1.165, 1.54) is 18.2 Å². The van der Waals surface area contributed by atoms with Crippen LogP contribution in [-0.4, -0.2) is 23.2 Å². The van der Waals surface area contributed by atoms with Gasteiger partial charge in [-0.15, -0.1) is 11.8 Å². The van der Waals surface area contributed by atoms with Gasteiger partial charge < -0.3 is 5.32 Å². The molecule has 0 radical (unpaired) electrons. The third kappa shape index (κ3) is 5.21. The monoisotopic (exact) mass is 340 g/mol. The zero-order chi connectivity index (χ0) is 15.9. The van der Waals surface area contributed by atoms with Crippen molar-refractivity contribution in [1.29, 1.82) is 0 Å². The number of benzene rings is 1. The van der Waals surface area contributed by atoms with E-state index in [2.05, 4.69) is 10.6 Å². The Morgan fingerprint density at radius 1 is 1.23 bits per heavy atom. The van der Waals surface area contributed by atoms with E-state index in [4.69, 9.17) is 11.6 Å². The van der Waals surface area contributed by atoms with E-state index in [9.17, 15) is 9.59 Å². The maximum Gasteiger partial charge on any atom is 0.321 e. The smallest absolute Gasteiger partial charge is 0.321 e. The number of carbonyl (C=O) groups excluding carboxylic acids is 2. The maximum atomic E-state index is 12.1. The van der Waals surface area contributed by atoms with Crippen molar-refractivity contribution in [2.24, 2.45) is 0 Å². The van der Waals surface area contributed by atoms with Gasteiger partial charge in [-0.25, -0.2) is 4.79 Å². The number of thioether (sulfide) groups is 1. The van der Waals surface area contributed by atoms with Crippen molar-refractivity contribution < 1.29 is 9.59 Å². The molecule has 0 spiro atoms. The van der Waals surface area contributed by atoms with Gasteiger partial charge >= 0.3 is 6.03 Å². The second-order valence-electron chi connectivity index (χ2n) is 5.49. The summed E-state index contributed by atoms with van der Waals surface area (Å²) >= 11 is 7.42. The zero-order valence-electron chi connectivity index (χ0n) is 12.6. The summed E-state index contributed by atoms with van der Waals surface area (Å²) in [5, 5.41) is 5.51. The predicted molar refractivity (Wildman–Crippen MR) is 90.3 cm³/mol. The van der Waals surface area contributed by atoms with Crippen LogP contribution in [0.15, 0.2) is 29.2 Å². The second kappa shape index (κ2) is 8.44. The van der Waals surface area contributed by atoms with E-state index >= 15 is 0 Å². The summed E-state index contributed by atoms with van der Waals surface area (Å²) in [6.07, 6.45) is 5.48. The quantitative estimate of drug-likeness (QED) is 0.815. The molecule has 1 fully saturated rings. The SMILES string of the molecule is CC(Sc1ccccc1Cl)C(=O)NC(=O)NC1CCCCC1. The molecule has 1 aliphatic rings. The highest BCUT2D eigenvalue weighted by Crippen LogP contribution is 2.29. The first-order valence-electron chi connectivity index (χ1n) is 7.59. The maximum absolute atomic E-state index is 12.1. The highest BCUT2D eigenvalue weighted by atomic mass is 35.5. The molecule has 1 aromatic rings. The lowest BCUT2D eigenvalue weighted by molar-refractivity contribution is -0.119. The Morgan fingerprint density at radius 3 is 2.59 bits per heavy atom. The fraction of sp³-hybridized carbons (Fsp3) is 0.500. The Kier molecular flexibility index (Phi) is 6.58. The minimum absolute atomic E-state index is 0.188. The van der Waals surface area contributed by atoms with E-state index < -0.39 is 11.3 Å². The van der Waals surface area contributed by atoms with Crippen LogP contribution in [0.2, 0.25) is 5.02 Å². The van der Waals surface area contributed by atoms with E-state index in [0.717, 1.165) is 30.6 Å². The van der Waals surface area contributed by atoms with Gasteiger partial charge in [-0.3, -0.25) is 10.1 Å². The minimum atomic E-state index is -0.400. The van der Waals surface area contributed by atoms with Gasteiger partial charge in [-0.05, 0) is 31.9 Å². The zero-order valence-corrected chi connectivity index (χ0v) is 14.2. The van der Waals surface area contributed by atoms with Crippen LogP contribution in [0.25, 0.3) is 0 Å². The number of halogens is 1. The van der Waals surface area contributed by atoms with E-state index in [-0.39, 0.29) is 11.9 Å². The van der Waals surface area contributed by atoms with Crippen molar-refractivity contribution in [1.82, 2.24) is 10.6 Å². The summed E-state index contributed by atoms with van der Waals surface area (Å²) in [6.45, 7) is 1.76. The topological polar surface area (TPSA) is 58.2 Å². The third-order valence-corrected chi connectivity index (χ3v) is 5.31. The molecule has 2 N–H and O–H groups in total. The molecule has 0 saturated heterocycles. The van der Waals surface area contributed by atoms with E-state index in [1.54, 1.807) is 13.0 Å². The highest BCUT2D eigenvalue weighted by Gasteiger charge is 2.20. The van der Waals surface area contributed by atoms with Gasteiger partial charge in [0.2, 0.25) is 5.91 Å². The van der Waals surface area contributed by atoms with Gasteiger partial charge in [0.1, 0.15) is 0 Å². The number of nitrogens with one attached hydrogen (secondary N) is 2. The Hall–Kier alpha value is -1.20. The fourth-order valence-electron chi connectivity index (χ4n) is 2.47. The van der Waals surface area contributed by atoms with Crippen molar-refractivity contribution in [3.63, 3.8) is 0 Å². The van der Waals surface area contributed by atoms with Crippen LogP contribution >= 0.6 is 23.4 Å². The van der Waals surface area contributed by atoms with Crippen LogP contribution in [0.1, 0.15) is 39.0 Å². The van der Waals surface area contributed by atoms with Gasteiger partial charge in [-0.2, -0.15) is 0 Å². The van der Waals surface area contributed by atoms with Crippen molar-refractivity contribution in [3.8, 4) is 0 Å². The molecule has 0 aromatic heterocycles. The molecule has 6 heteroatoms.